The number of likely N-dealkylation sites (tertiary alicyclic amines) is 1. The lowest BCUT2D eigenvalue weighted by molar-refractivity contribution is -0.158. The molecule has 2 saturated heterocycles. The van der Waals surface area contributed by atoms with Crippen molar-refractivity contribution in [3.05, 3.63) is 60.2 Å². The first kappa shape index (κ1) is 21.7. The van der Waals surface area contributed by atoms with E-state index >= 15 is 0 Å². The Kier molecular flexibility index (Phi) is 6.58. The fourth-order valence-electron chi connectivity index (χ4n) is 4.32. The predicted molar refractivity (Wildman–Crippen MR) is 120 cm³/mol. The highest BCUT2D eigenvalue weighted by Gasteiger charge is 2.38. The van der Waals surface area contributed by atoms with E-state index in [1.807, 2.05) is 42.5 Å². The number of methoxy groups -OCH3 is 1. The van der Waals surface area contributed by atoms with Crippen molar-refractivity contribution in [3.8, 4) is 5.75 Å². The summed E-state index contributed by atoms with van der Waals surface area (Å²) >= 11 is 0. The van der Waals surface area contributed by atoms with Gasteiger partial charge in [0.2, 0.25) is 0 Å². The van der Waals surface area contributed by atoms with Crippen LogP contribution in [-0.4, -0.2) is 71.9 Å². The normalized spacial score (nSPS) is 17.5. The maximum Gasteiger partial charge on any atom is 0.321 e. The molecular formula is C24H28N4O4. The smallest absolute Gasteiger partial charge is 0.321 e. The molecule has 0 unspecified atom stereocenters. The van der Waals surface area contributed by atoms with Crippen LogP contribution < -0.4 is 10.1 Å². The number of piperidine rings is 1. The highest BCUT2D eigenvalue weighted by atomic mass is 16.5. The molecule has 2 aromatic carbocycles. The van der Waals surface area contributed by atoms with Crippen molar-refractivity contribution >= 4 is 23.5 Å². The molecule has 2 aliphatic rings. The Balaban J connectivity index is 1.30. The Labute approximate surface area is 187 Å². The standard InChI is InChI=1S/C24H28N4O4/c1-32-21-10-6-5-9-20(21)25-24(31)26-13-11-19(12-14-26)28-16-15-27(22(29)23(28)30)17-18-7-3-2-4-8-18/h2-10,19H,11-17H2,1H3,(H,25,31). The number of ether oxygens (including phenoxy) is 1. The number of amides is 4. The molecule has 2 aromatic rings. The topological polar surface area (TPSA) is 82.2 Å². The maximum absolute atomic E-state index is 12.8. The van der Waals surface area contributed by atoms with Crippen molar-refractivity contribution in [1.82, 2.24) is 14.7 Å². The Morgan fingerprint density at radius 1 is 0.938 bits per heavy atom. The minimum Gasteiger partial charge on any atom is -0.495 e. The van der Waals surface area contributed by atoms with Crippen LogP contribution in [0.1, 0.15) is 18.4 Å². The third kappa shape index (κ3) is 4.69. The van der Waals surface area contributed by atoms with Gasteiger partial charge in [-0.3, -0.25) is 9.59 Å². The van der Waals surface area contributed by atoms with E-state index in [1.165, 1.54) is 0 Å². The number of nitrogens with one attached hydrogen (secondary N) is 1. The van der Waals surface area contributed by atoms with Gasteiger partial charge in [0.1, 0.15) is 5.75 Å². The third-order valence-electron chi connectivity index (χ3n) is 6.10. The zero-order chi connectivity index (χ0) is 22.5. The number of hydrogen-bond acceptors (Lipinski definition) is 4. The molecule has 0 aliphatic carbocycles. The number of benzene rings is 2. The summed E-state index contributed by atoms with van der Waals surface area (Å²) in [6, 6.07) is 16.7. The molecule has 32 heavy (non-hydrogen) atoms. The van der Waals surface area contributed by atoms with Gasteiger partial charge in [-0.05, 0) is 30.5 Å². The Morgan fingerprint density at radius 3 is 2.34 bits per heavy atom. The first-order valence-corrected chi connectivity index (χ1v) is 10.9. The average Bonchev–Trinajstić information content (AvgIpc) is 2.83. The van der Waals surface area contributed by atoms with Crippen molar-refractivity contribution in [1.29, 1.82) is 0 Å². The maximum atomic E-state index is 12.8. The number of rotatable bonds is 5. The summed E-state index contributed by atoms with van der Waals surface area (Å²) in [6.45, 7) is 2.54. The number of hydrogen-bond donors (Lipinski definition) is 1. The minimum absolute atomic E-state index is 0.0272. The zero-order valence-electron chi connectivity index (χ0n) is 18.2. The lowest BCUT2D eigenvalue weighted by Gasteiger charge is -2.42. The van der Waals surface area contributed by atoms with Crippen LogP contribution in [-0.2, 0) is 16.1 Å². The average molecular weight is 437 g/mol. The minimum atomic E-state index is -0.448. The molecule has 0 aromatic heterocycles. The molecule has 2 aliphatic heterocycles. The summed E-state index contributed by atoms with van der Waals surface area (Å²) in [7, 11) is 1.56. The van der Waals surface area contributed by atoms with Crippen molar-refractivity contribution in [2.75, 3.05) is 38.6 Å². The van der Waals surface area contributed by atoms with Gasteiger partial charge < -0.3 is 24.8 Å². The lowest BCUT2D eigenvalue weighted by Crippen LogP contribution is -2.59. The molecule has 1 N–H and O–H groups in total. The fourth-order valence-corrected chi connectivity index (χ4v) is 4.32. The van der Waals surface area contributed by atoms with Crippen molar-refractivity contribution in [3.63, 3.8) is 0 Å². The molecule has 4 rings (SSSR count). The molecule has 0 saturated carbocycles. The SMILES string of the molecule is COc1ccccc1NC(=O)N1CCC(N2CCN(Cc3ccccc3)C(=O)C2=O)CC1. The number of para-hydroxylation sites is 2. The number of carbonyl (C=O) groups is 3. The molecular weight excluding hydrogens is 408 g/mol. The lowest BCUT2D eigenvalue weighted by atomic mass is 10.0. The molecule has 0 radical (unpaired) electrons. The van der Waals surface area contributed by atoms with Crippen molar-refractivity contribution in [2.24, 2.45) is 0 Å². The number of urea groups is 1. The van der Waals surface area contributed by atoms with Crippen LogP contribution in [0.2, 0.25) is 0 Å². The quantitative estimate of drug-likeness (QED) is 0.731. The van der Waals surface area contributed by atoms with E-state index in [4.69, 9.17) is 4.74 Å². The second kappa shape index (κ2) is 9.72. The summed E-state index contributed by atoms with van der Waals surface area (Å²) in [5.74, 6) is -0.284. The molecule has 2 heterocycles. The van der Waals surface area contributed by atoms with E-state index in [0.29, 0.717) is 57.0 Å². The zero-order valence-corrected chi connectivity index (χ0v) is 18.2. The Bertz CT molecular complexity index is 973. The van der Waals surface area contributed by atoms with Crippen LogP contribution in [0.4, 0.5) is 10.5 Å². The Morgan fingerprint density at radius 2 is 1.62 bits per heavy atom. The summed E-state index contributed by atoms with van der Waals surface area (Å²) in [4.78, 5) is 43.2. The molecule has 2 fully saturated rings. The number of carbonyl (C=O) groups excluding carboxylic acids is 3. The molecule has 0 bridgehead atoms. The second-order valence-electron chi connectivity index (χ2n) is 8.06. The summed E-state index contributed by atoms with van der Waals surface area (Å²) in [5.41, 5.74) is 1.63. The fraction of sp³-hybridized carbons (Fsp3) is 0.375. The van der Waals surface area contributed by atoms with E-state index in [2.05, 4.69) is 5.32 Å². The van der Waals surface area contributed by atoms with Crippen LogP contribution >= 0.6 is 0 Å². The predicted octanol–water partition coefficient (Wildman–Crippen LogP) is 2.56. The third-order valence-corrected chi connectivity index (χ3v) is 6.10. The van der Waals surface area contributed by atoms with Gasteiger partial charge in [-0.25, -0.2) is 4.79 Å². The first-order chi connectivity index (χ1) is 15.6. The largest absolute Gasteiger partial charge is 0.495 e. The molecule has 0 spiro atoms. The summed E-state index contributed by atoms with van der Waals surface area (Å²) in [5, 5.41) is 2.89. The summed E-state index contributed by atoms with van der Waals surface area (Å²) < 4.78 is 5.28. The van der Waals surface area contributed by atoms with Gasteiger partial charge in [0.15, 0.2) is 0 Å². The molecule has 4 amide bonds. The van der Waals surface area contributed by atoms with Crippen LogP contribution in [0.3, 0.4) is 0 Å². The van der Waals surface area contributed by atoms with E-state index < -0.39 is 11.8 Å². The first-order valence-electron chi connectivity index (χ1n) is 10.9. The molecule has 8 nitrogen and oxygen atoms in total. The number of anilines is 1. The molecule has 8 heteroatoms. The van der Waals surface area contributed by atoms with Gasteiger partial charge in [0.05, 0.1) is 12.8 Å². The van der Waals surface area contributed by atoms with Gasteiger partial charge >= 0.3 is 17.8 Å². The van der Waals surface area contributed by atoms with Crippen molar-refractivity contribution < 1.29 is 19.1 Å². The molecule has 0 atom stereocenters. The van der Waals surface area contributed by atoms with Crippen LogP contribution in [0.25, 0.3) is 0 Å². The van der Waals surface area contributed by atoms with Crippen molar-refractivity contribution in [2.45, 2.75) is 25.4 Å². The Hall–Kier alpha value is -3.55. The highest BCUT2D eigenvalue weighted by Crippen LogP contribution is 2.25. The summed E-state index contributed by atoms with van der Waals surface area (Å²) in [6.07, 6.45) is 1.30. The molecule has 168 valence electrons. The van der Waals surface area contributed by atoms with Gasteiger partial charge in [0.25, 0.3) is 0 Å². The van der Waals surface area contributed by atoms with Gasteiger partial charge in [-0.15, -0.1) is 0 Å². The van der Waals surface area contributed by atoms with E-state index in [0.717, 1.165) is 5.56 Å². The van der Waals surface area contributed by atoms with E-state index in [9.17, 15) is 14.4 Å². The van der Waals surface area contributed by atoms with Gasteiger partial charge in [-0.1, -0.05) is 42.5 Å². The van der Waals surface area contributed by atoms with Crippen LogP contribution in [0.5, 0.6) is 5.75 Å². The van der Waals surface area contributed by atoms with Crippen LogP contribution in [0.15, 0.2) is 54.6 Å². The van der Waals surface area contributed by atoms with E-state index in [1.54, 1.807) is 33.9 Å². The number of nitrogens with zero attached hydrogens (tertiary/aromatic N) is 3. The van der Waals surface area contributed by atoms with Crippen LogP contribution in [0, 0.1) is 0 Å². The van der Waals surface area contributed by atoms with Gasteiger partial charge in [-0.2, -0.15) is 0 Å². The highest BCUT2D eigenvalue weighted by molar-refractivity contribution is 6.35. The monoisotopic (exact) mass is 436 g/mol. The second-order valence-corrected chi connectivity index (χ2v) is 8.06. The number of piperazine rings is 1. The van der Waals surface area contributed by atoms with Gasteiger partial charge in [0, 0.05) is 38.8 Å². The van der Waals surface area contributed by atoms with E-state index in [-0.39, 0.29) is 12.1 Å².